The number of carboxylic acids is 1. The molecule has 0 aromatic heterocycles. The molecule has 0 aromatic carbocycles. The number of ketones is 1. The summed E-state index contributed by atoms with van der Waals surface area (Å²) in [6, 6.07) is -0.941. The van der Waals surface area contributed by atoms with Crippen LogP contribution in [0.25, 0.3) is 0 Å². The van der Waals surface area contributed by atoms with E-state index in [1.54, 1.807) is 13.8 Å². The van der Waals surface area contributed by atoms with Crippen molar-refractivity contribution in [3.63, 3.8) is 0 Å². The van der Waals surface area contributed by atoms with Crippen LogP contribution in [0.1, 0.15) is 41.5 Å². The highest BCUT2D eigenvalue weighted by Crippen LogP contribution is 2.38. The van der Waals surface area contributed by atoms with Gasteiger partial charge in [-0.15, -0.1) is 0 Å². The minimum absolute atomic E-state index is 0.0267. The Kier molecular flexibility index (Phi) is 8.92. The van der Waals surface area contributed by atoms with Crippen LogP contribution in [0.5, 0.6) is 0 Å². The summed E-state index contributed by atoms with van der Waals surface area (Å²) in [5.41, 5.74) is 5.68. The Morgan fingerprint density at radius 2 is 1.76 bits per heavy atom. The van der Waals surface area contributed by atoms with E-state index < -0.39 is 16.8 Å². The van der Waals surface area contributed by atoms with Crippen LogP contribution in [-0.4, -0.2) is 45.5 Å². The van der Waals surface area contributed by atoms with E-state index in [-0.39, 0.29) is 23.8 Å². The van der Waals surface area contributed by atoms with Gasteiger partial charge in [0.05, 0.1) is 6.04 Å². The van der Waals surface area contributed by atoms with Crippen molar-refractivity contribution in [1.82, 2.24) is 5.32 Å². The molecule has 0 rings (SSSR count). The molecule has 2 atom stereocenters. The normalized spacial score (nSPS) is 15.3. The molecule has 0 spiro atoms. The van der Waals surface area contributed by atoms with Crippen molar-refractivity contribution in [2.45, 2.75) is 64.4 Å². The van der Waals surface area contributed by atoms with Gasteiger partial charge in [-0.3, -0.25) is 9.59 Å². The van der Waals surface area contributed by atoms with Crippen molar-refractivity contribution in [3.05, 3.63) is 0 Å². The highest BCUT2D eigenvalue weighted by Gasteiger charge is 2.33. The fraction of sp³-hybridized carbons (Fsp3) is 0.857. The zero-order valence-electron chi connectivity index (χ0n) is 13.7. The molecule has 0 aliphatic rings. The first-order chi connectivity index (χ1) is 9.49. The van der Waals surface area contributed by atoms with E-state index in [0.29, 0.717) is 5.75 Å². The van der Waals surface area contributed by atoms with Gasteiger partial charge in [-0.1, -0.05) is 49.3 Å². The van der Waals surface area contributed by atoms with E-state index in [1.165, 1.54) is 21.6 Å². The second-order valence-electron chi connectivity index (χ2n) is 6.22. The van der Waals surface area contributed by atoms with Gasteiger partial charge in [0.1, 0.15) is 6.04 Å². The number of nitrogens with two attached hydrogens (primary N) is 1. The molecule has 0 radical (unpaired) electrons. The molecule has 0 saturated heterocycles. The molecule has 5 nitrogen and oxygen atoms in total. The standard InChI is InChI=1S/C14H28N2O3S2/c1-8(2)11(17)10(16-9(3)4)7-20-21-14(5,6)12(15)13(18)19/h8-10,12,16H,7,15H2,1-6H3,(H,18,19). The summed E-state index contributed by atoms with van der Waals surface area (Å²) in [6.45, 7) is 11.4. The molecule has 21 heavy (non-hydrogen) atoms. The second kappa shape index (κ2) is 9.02. The Labute approximate surface area is 135 Å². The van der Waals surface area contributed by atoms with E-state index in [2.05, 4.69) is 5.32 Å². The molecule has 2 unspecified atom stereocenters. The third kappa shape index (κ3) is 7.54. The molecule has 0 amide bonds. The van der Waals surface area contributed by atoms with Gasteiger partial charge in [0, 0.05) is 22.5 Å². The maximum atomic E-state index is 12.2. The molecule has 0 bridgehead atoms. The molecular weight excluding hydrogens is 308 g/mol. The predicted octanol–water partition coefficient (Wildman–Crippen LogP) is 2.15. The quantitative estimate of drug-likeness (QED) is 0.526. The van der Waals surface area contributed by atoms with Crippen molar-refractivity contribution in [1.29, 1.82) is 0 Å². The third-order valence-electron chi connectivity index (χ3n) is 2.97. The second-order valence-corrected chi connectivity index (χ2v) is 9.21. The van der Waals surface area contributed by atoms with Gasteiger partial charge >= 0.3 is 5.97 Å². The van der Waals surface area contributed by atoms with Crippen LogP contribution < -0.4 is 11.1 Å². The number of hydrogen-bond donors (Lipinski definition) is 3. The molecule has 0 aliphatic heterocycles. The summed E-state index contributed by atoms with van der Waals surface area (Å²) in [5, 5.41) is 12.3. The van der Waals surface area contributed by atoms with Gasteiger partial charge in [-0.2, -0.15) is 0 Å². The molecular formula is C14H28N2O3S2. The average Bonchev–Trinajstić information content (AvgIpc) is 2.34. The van der Waals surface area contributed by atoms with Crippen molar-refractivity contribution >= 4 is 33.3 Å². The van der Waals surface area contributed by atoms with Crippen molar-refractivity contribution in [2.75, 3.05) is 5.75 Å². The van der Waals surface area contributed by atoms with Gasteiger partial charge in [0.25, 0.3) is 0 Å². The number of Topliss-reactive ketones (excluding diaryl/α,β-unsaturated/α-hetero) is 1. The molecule has 0 heterocycles. The number of carbonyl (C=O) groups excluding carboxylic acids is 1. The van der Waals surface area contributed by atoms with E-state index in [4.69, 9.17) is 10.8 Å². The Balaban J connectivity index is 4.56. The first-order valence-electron chi connectivity index (χ1n) is 7.07. The SMILES string of the molecule is CC(C)NC(CSSC(C)(C)C(N)C(=O)O)C(=O)C(C)C. The molecule has 0 aliphatic carbocycles. The molecule has 0 fully saturated rings. The first-order valence-corrected chi connectivity index (χ1v) is 9.39. The first kappa shape index (κ1) is 20.8. The van der Waals surface area contributed by atoms with Crippen LogP contribution in [0.2, 0.25) is 0 Å². The monoisotopic (exact) mass is 336 g/mol. The van der Waals surface area contributed by atoms with Crippen LogP contribution in [0, 0.1) is 5.92 Å². The smallest absolute Gasteiger partial charge is 0.321 e. The number of rotatable bonds is 10. The Hall–Kier alpha value is -0.240. The Morgan fingerprint density at radius 1 is 1.24 bits per heavy atom. The highest BCUT2D eigenvalue weighted by molar-refractivity contribution is 8.77. The summed E-state index contributed by atoms with van der Waals surface area (Å²) >= 11 is 0. The topological polar surface area (TPSA) is 92.4 Å². The van der Waals surface area contributed by atoms with E-state index in [0.717, 1.165) is 0 Å². The van der Waals surface area contributed by atoms with E-state index in [9.17, 15) is 9.59 Å². The van der Waals surface area contributed by atoms with Crippen LogP contribution in [0.15, 0.2) is 0 Å². The summed E-state index contributed by atoms with van der Waals surface area (Å²) in [6.07, 6.45) is 0. The van der Waals surface area contributed by atoms with Gasteiger partial charge in [0.2, 0.25) is 0 Å². The summed E-state index contributed by atoms with van der Waals surface area (Å²) in [4.78, 5) is 23.1. The zero-order chi connectivity index (χ0) is 16.8. The third-order valence-corrected chi connectivity index (χ3v) is 6.29. The largest absolute Gasteiger partial charge is 0.480 e. The number of carbonyl (C=O) groups is 2. The average molecular weight is 337 g/mol. The summed E-state index contributed by atoms with van der Waals surface area (Å²) < 4.78 is -0.597. The van der Waals surface area contributed by atoms with Crippen molar-refractivity contribution in [3.8, 4) is 0 Å². The Morgan fingerprint density at radius 3 is 2.14 bits per heavy atom. The lowest BCUT2D eigenvalue weighted by Crippen LogP contribution is -2.47. The van der Waals surface area contributed by atoms with Crippen molar-refractivity contribution < 1.29 is 14.7 Å². The summed E-state index contributed by atoms with van der Waals surface area (Å²) in [7, 11) is 2.91. The molecule has 4 N–H and O–H groups in total. The van der Waals surface area contributed by atoms with Gasteiger partial charge in [0.15, 0.2) is 5.78 Å². The molecule has 7 heteroatoms. The maximum absolute atomic E-state index is 12.2. The lowest BCUT2D eigenvalue weighted by atomic mass is 10.0. The highest BCUT2D eigenvalue weighted by atomic mass is 33.1. The maximum Gasteiger partial charge on any atom is 0.321 e. The molecule has 0 saturated carbocycles. The van der Waals surface area contributed by atoms with Crippen LogP contribution >= 0.6 is 21.6 Å². The number of carboxylic acid groups (broad SMARTS) is 1. The van der Waals surface area contributed by atoms with E-state index in [1.807, 2.05) is 27.7 Å². The summed E-state index contributed by atoms with van der Waals surface area (Å²) in [5.74, 6) is -0.267. The number of nitrogens with one attached hydrogen (secondary N) is 1. The molecule has 0 aromatic rings. The van der Waals surface area contributed by atoms with Gasteiger partial charge in [-0.25, -0.2) is 0 Å². The van der Waals surface area contributed by atoms with Gasteiger partial charge < -0.3 is 16.2 Å². The minimum Gasteiger partial charge on any atom is -0.480 e. The number of aliphatic carboxylic acids is 1. The van der Waals surface area contributed by atoms with E-state index >= 15 is 0 Å². The molecule has 124 valence electrons. The fourth-order valence-corrected chi connectivity index (χ4v) is 4.43. The van der Waals surface area contributed by atoms with Crippen LogP contribution in [-0.2, 0) is 9.59 Å². The lowest BCUT2D eigenvalue weighted by molar-refractivity contribution is -0.139. The number of hydrogen-bond acceptors (Lipinski definition) is 6. The van der Waals surface area contributed by atoms with Crippen LogP contribution in [0.3, 0.4) is 0 Å². The fourth-order valence-electron chi connectivity index (χ4n) is 1.62. The van der Waals surface area contributed by atoms with Gasteiger partial charge in [-0.05, 0) is 13.8 Å². The van der Waals surface area contributed by atoms with Crippen molar-refractivity contribution in [2.24, 2.45) is 11.7 Å². The zero-order valence-corrected chi connectivity index (χ0v) is 15.3. The van der Waals surface area contributed by atoms with Crippen LogP contribution in [0.4, 0.5) is 0 Å². The minimum atomic E-state index is -1.01. The Bertz CT molecular complexity index is 360. The lowest BCUT2D eigenvalue weighted by Gasteiger charge is -2.28. The predicted molar refractivity (Wildman–Crippen MR) is 91.6 cm³/mol.